The van der Waals surface area contributed by atoms with E-state index in [1.807, 2.05) is 0 Å². The van der Waals surface area contributed by atoms with E-state index >= 15 is 0 Å². The Bertz CT molecular complexity index is 3400. The molecule has 0 atom stereocenters. The van der Waals surface area contributed by atoms with E-state index < -0.39 is 0 Å². The van der Waals surface area contributed by atoms with Crippen LogP contribution in [0, 0.1) is 0 Å². The van der Waals surface area contributed by atoms with Crippen LogP contribution in [0.3, 0.4) is 0 Å². The molecule has 0 amide bonds. The quantitative estimate of drug-likeness (QED) is 0.179. The van der Waals surface area contributed by atoms with Crippen molar-refractivity contribution < 1.29 is 4.42 Å². The lowest BCUT2D eigenvalue weighted by Gasteiger charge is -2.15. The molecule has 0 unspecified atom stereocenters. The molecule has 0 radical (unpaired) electrons. The van der Waals surface area contributed by atoms with Crippen molar-refractivity contribution in [2.24, 2.45) is 0 Å². The highest BCUT2D eigenvalue weighted by Crippen LogP contribution is 2.47. The molecule has 0 spiro atoms. The van der Waals surface area contributed by atoms with Gasteiger partial charge in [0.15, 0.2) is 0 Å². The topological polar surface area (TPSA) is 23.0 Å². The molecule has 256 valence electrons. The van der Waals surface area contributed by atoms with Crippen LogP contribution < -0.4 is 0 Å². The van der Waals surface area contributed by atoms with E-state index in [1.54, 1.807) is 0 Å². The lowest BCUT2D eigenvalue weighted by molar-refractivity contribution is 0.673. The van der Waals surface area contributed by atoms with Crippen molar-refractivity contribution in [1.29, 1.82) is 0 Å². The summed E-state index contributed by atoms with van der Waals surface area (Å²) >= 11 is 0. The number of benzene rings is 9. The third kappa shape index (κ3) is 4.38. The summed E-state index contributed by atoms with van der Waals surface area (Å²) in [7, 11) is 0. The second kappa shape index (κ2) is 11.6. The van der Waals surface area contributed by atoms with Crippen molar-refractivity contribution in [2.75, 3.05) is 0 Å². The minimum Gasteiger partial charge on any atom is -0.455 e. The fourth-order valence-corrected chi connectivity index (χ4v) is 9.04. The standard InChI is InChI=1S/C52H32N2O/c1-2-12-33(13-3-1)34-22-27-38(28-23-34)54-50-39-15-5-4-14-35(39)26-31-43(50)49-51(54)44(32-45-42-18-8-11-21-48(42)55-52(45)49)36-24-29-37(30-25-36)53-46-19-9-6-16-40(46)41-17-7-10-20-47(41)53/h1-32H. The van der Waals surface area contributed by atoms with Crippen molar-refractivity contribution in [1.82, 2.24) is 9.13 Å². The van der Waals surface area contributed by atoms with Gasteiger partial charge in [0, 0.05) is 49.3 Å². The zero-order chi connectivity index (χ0) is 36.0. The van der Waals surface area contributed by atoms with Gasteiger partial charge < -0.3 is 13.6 Å². The van der Waals surface area contributed by atoms with Gasteiger partial charge in [0.2, 0.25) is 0 Å². The first-order chi connectivity index (χ1) is 27.3. The van der Waals surface area contributed by atoms with Crippen LogP contribution in [0.1, 0.15) is 0 Å². The van der Waals surface area contributed by atoms with Crippen LogP contribution in [0.4, 0.5) is 0 Å². The van der Waals surface area contributed by atoms with E-state index in [1.165, 1.54) is 54.6 Å². The Morgan fingerprint density at radius 2 is 0.909 bits per heavy atom. The Hall–Kier alpha value is -7.36. The monoisotopic (exact) mass is 700 g/mol. The van der Waals surface area contributed by atoms with Crippen molar-refractivity contribution in [3.63, 3.8) is 0 Å². The van der Waals surface area contributed by atoms with Gasteiger partial charge in [-0.25, -0.2) is 0 Å². The van der Waals surface area contributed by atoms with Gasteiger partial charge in [-0.05, 0) is 70.6 Å². The predicted octanol–water partition coefficient (Wildman–Crippen LogP) is 14.3. The largest absolute Gasteiger partial charge is 0.455 e. The van der Waals surface area contributed by atoms with Gasteiger partial charge in [0.05, 0.1) is 27.5 Å². The van der Waals surface area contributed by atoms with E-state index in [2.05, 4.69) is 203 Å². The Kier molecular flexibility index (Phi) is 6.34. The molecule has 0 aliphatic carbocycles. The molecule has 12 aromatic rings. The van der Waals surface area contributed by atoms with Gasteiger partial charge in [-0.1, -0.05) is 146 Å². The van der Waals surface area contributed by atoms with E-state index in [4.69, 9.17) is 4.42 Å². The summed E-state index contributed by atoms with van der Waals surface area (Å²) in [6.45, 7) is 0. The maximum Gasteiger partial charge on any atom is 0.145 e. The molecule has 55 heavy (non-hydrogen) atoms. The molecular weight excluding hydrogens is 669 g/mol. The summed E-state index contributed by atoms with van der Waals surface area (Å²) in [6.07, 6.45) is 0. The number of aromatic nitrogens is 2. The highest BCUT2D eigenvalue weighted by molar-refractivity contribution is 6.30. The lowest BCUT2D eigenvalue weighted by atomic mass is 9.97. The van der Waals surface area contributed by atoms with E-state index in [0.29, 0.717) is 0 Å². The highest BCUT2D eigenvalue weighted by Gasteiger charge is 2.24. The van der Waals surface area contributed by atoms with Crippen LogP contribution in [0.2, 0.25) is 0 Å². The van der Waals surface area contributed by atoms with Crippen LogP contribution in [-0.2, 0) is 0 Å². The van der Waals surface area contributed by atoms with Gasteiger partial charge in [0.1, 0.15) is 11.2 Å². The van der Waals surface area contributed by atoms with Gasteiger partial charge in [-0.15, -0.1) is 0 Å². The zero-order valence-electron chi connectivity index (χ0n) is 29.8. The molecular formula is C52H32N2O. The lowest BCUT2D eigenvalue weighted by Crippen LogP contribution is -1.97. The summed E-state index contributed by atoms with van der Waals surface area (Å²) in [5.41, 5.74) is 13.5. The number of nitrogens with zero attached hydrogens (tertiary/aromatic N) is 2. The summed E-state index contributed by atoms with van der Waals surface area (Å²) in [5.74, 6) is 0. The highest BCUT2D eigenvalue weighted by atomic mass is 16.3. The summed E-state index contributed by atoms with van der Waals surface area (Å²) in [4.78, 5) is 0. The minimum absolute atomic E-state index is 0.895. The zero-order valence-corrected chi connectivity index (χ0v) is 29.8. The number of hydrogen-bond acceptors (Lipinski definition) is 1. The van der Waals surface area contributed by atoms with Crippen molar-refractivity contribution >= 4 is 76.3 Å². The number of furan rings is 1. The molecule has 9 aromatic carbocycles. The van der Waals surface area contributed by atoms with Crippen molar-refractivity contribution in [3.05, 3.63) is 194 Å². The molecule has 3 nitrogen and oxygen atoms in total. The molecule has 3 heterocycles. The second-order valence-corrected chi connectivity index (χ2v) is 14.5. The summed E-state index contributed by atoms with van der Waals surface area (Å²) in [6, 6.07) is 70.2. The van der Waals surface area contributed by atoms with Crippen LogP contribution in [0.5, 0.6) is 0 Å². The Morgan fingerprint density at radius 3 is 1.64 bits per heavy atom. The third-order valence-corrected chi connectivity index (χ3v) is 11.5. The molecule has 0 saturated heterocycles. The molecule has 0 saturated carbocycles. The number of fused-ring (bicyclic) bond motifs is 12. The molecule has 0 N–H and O–H groups in total. The van der Waals surface area contributed by atoms with E-state index in [0.717, 1.165) is 55.3 Å². The third-order valence-electron chi connectivity index (χ3n) is 11.5. The minimum atomic E-state index is 0.895. The maximum atomic E-state index is 6.84. The number of para-hydroxylation sites is 3. The average molecular weight is 701 g/mol. The average Bonchev–Trinajstić information content (AvgIpc) is 3.92. The first kappa shape index (κ1) is 30.1. The van der Waals surface area contributed by atoms with E-state index in [9.17, 15) is 0 Å². The second-order valence-electron chi connectivity index (χ2n) is 14.5. The predicted molar refractivity (Wildman–Crippen MR) is 231 cm³/mol. The van der Waals surface area contributed by atoms with Crippen LogP contribution in [-0.4, -0.2) is 9.13 Å². The number of rotatable bonds is 4. The first-order valence-electron chi connectivity index (χ1n) is 18.9. The Balaban J connectivity index is 1.18. The smallest absolute Gasteiger partial charge is 0.145 e. The van der Waals surface area contributed by atoms with Crippen LogP contribution in [0.15, 0.2) is 199 Å². The summed E-state index contributed by atoms with van der Waals surface area (Å²) < 4.78 is 11.7. The van der Waals surface area contributed by atoms with E-state index in [-0.39, 0.29) is 0 Å². The molecule has 3 heteroatoms. The SMILES string of the molecule is c1ccc(-c2ccc(-n3c4c(-c5ccc(-n6c7ccccc7c7ccccc76)cc5)cc5c6ccccc6oc5c4c4ccc5ccccc5c43)cc2)cc1. The van der Waals surface area contributed by atoms with Crippen molar-refractivity contribution in [2.45, 2.75) is 0 Å². The normalized spacial score (nSPS) is 12.0. The van der Waals surface area contributed by atoms with Crippen LogP contribution >= 0.6 is 0 Å². The van der Waals surface area contributed by atoms with Gasteiger partial charge in [-0.3, -0.25) is 0 Å². The Morgan fingerprint density at radius 1 is 0.345 bits per heavy atom. The van der Waals surface area contributed by atoms with Crippen LogP contribution in [0.25, 0.3) is 110 Å². The molecule has 12 rings (SSSR count). The fourth-order valence-electron chi connectivity index (χ4n) is 9.04. The summed E-state index contributed by atoms with van der Waals surface area (Å²) in [5, 5.41) is 9.48. The van der Waals surface area contributed by atoms with Crippen molar-refractivity contribution in [3.8, 4) is 33.6 Å². The van der Waals surface area contributed by atoms with Gasteiger partial charge >= 0.3 is 0 Å². The molecule has 3 aromatic heterocycles. The molecule has 0 aliphatic heterocycles. The number of hydrogen-bond donors (Lipinski definition) is 0. The van der Waals surface area contributed by atoms with Gasteiger partial charge in [-0.2, -0.15) is 0 Å². The molecule has 0 aliphatic rings. The van der Waals surface area contributed by atoms with Gasteiger partial charge in [0.25, 0.3) is 0 Å². The first-order valence-corrected chi connectivity index (χ1v) is 18.9. The maximum absolute atomic E-state index is 6.84. The Labute approximate surface area is 316 Å². The molecule has 0 bridgehead atoms. The fraction of sp³-hybridized carbons (Fsp3) is 0. The molecule has 0 fully saturated rings.